The van der Waals surface area contributed by atoms with Crippen LogP contribution in [0, 0.1) is 6.92 Å². The number of aryl methyl sites for hydroxylation is 1. The molecule has 0 amide bonds. The highest BCUT2D eigenvalue weighted by atomic mass is 32.1. The number of aromatic nitrogens is 1. The van der Waals surface area contributed by atoms with Crippen molar-refractivity contribution in [1.29, 1.82) is 0 Å². The minimum Gasteiger partial charge on any atom is -0.313 e. The Morgan fingerprint density at radius 3 is 2.80 bits per heavy atom. The topological polar surface area (TPSA) is 24.9 Å². The van der Waals surface area contributed by atoms with Gasteiger partial charge in [-0.2, -0.15) is 0 Å². The molecule has 3 aromatic rings. The van der Waals surface area contributed by atoms with E-state index in [1.165, 1.54) is 21.2 Å². The number of nitrogens with zero attached hydrogens (tertiary/aromatic N) is 1. The van der Waals surface area contributed by atoms with Crippen LogP contribution in [-0.4, -0.2) is 12.0 Å². The minimum absolute atomic E-state index is 0.307. The van der Waals surface area contributed by atoms with Crippen molar-refractivity contribution >= 4 is 21.4 Å². The van der Waals surface area contributed by atoms with Gasteiger partial charge in [0, 0.05) is 29.1 Å². The lowest BCUT2D eigenvalue weighted by Crippen LogP contribution is -2.19. The van der Waals surface area contributed by atoms with Crippen molar-refractivity contribution in [2.24, 2.45) is 0 Å². The molecule has 0 radical (unpaired) electrons. The summed E-state index contributed by atoms with van der Waals surface area (Å²) in [6.07, 6.45) is 2.85. The lowest BCUT2D eigenvalue weighted by molar-refractivity contribution is 0.590. The van der Waals surface area contributed by atoms with Gasteiger partial charge in [-0.15, -0.1) is 11.3 Å². The molecule has 0 spiro atoms. The molecule has 3 heteroatoms. The molecule has 20 heavy (non-hydrogen) atoms. The lowest BCUT2D eigenvalue weighted by atomic mass is 10.0. The molecule has 0 fully saturated rings. The Hall–Kier alpha value is -1.71. The first-order valence-corrected chi connectivity index (χ1v) is 7.71. The van der Waals surface area contributed by atoms with E-state index >= 15 is 0 Å². The number of rotatable bonds is 4. The van der Waals surface area contributed by atoms with Crippen molar-refractivity contribution in [2.75, 3.05) is 7.05 Å². The second-order valence-electron chi connectivity index (χ2n) is 5.06. The maximum atomic E-state index is 4.52. The van der Waals surface area contributed by atoms with Gasteiger partial charge in [0.05, 0.1) is 0 Å². The van der Waals surface area contributed by atoms with Crippen LogP contribution in [0.1, 0.15) is 22.9 Å². The van der Waals surface area contributed by atoms with E-state index in [1.807, 2.05) is 24.6 Å². The summed E-state index contributed by atoms with van der Waals surface area (Å²) < 4.78 is 1.35. The van der Waals surface area contributed by atoms with Gasteiger partial charge in [0.25, 0.3) is 0 Å². The lowest BCUT2D eigenvalue weighted by Gasteiger charge is -2.15. The molecule has 0 aliphatic heterocycles. The summed E-state index contributed by atoms with van der Waals surface area (Å²) in [5.74, 6) is 0. The maximum absolute atomic E-state index is 4.52. The molecule has 0 saturated heterocycles. The van der Waals surface area contributed by atoms with Crippen LogP contribution in [0.15, 0.2) is 48.0 Å². The highest BCUT2D eigenvalue weighted by molar-refractivity contribution is 7.17. The fourth-order valence-electron chi connectivity index (χ4n) is 2.46. The van der Waals surface area contributed by atoms with Gasteiger partial charge in [0.15, 0.2) is 0 Å². The van der Waals surface area contributed by atoms with Gasteiger partial charge in [-0.25, -0.2) is 0 Å². The van der Waals surface area contributed by atoms with Gasteiger partial charge in [0.1, 0.15) is 0 Å². The fraction of sp³-hybridized carbons (Fsp3) is 0.235. The molecule has 2 nitrogen and oxygen atoms in total. The van der Waals surface area contributed by atoms with E-state index in [4.69, 9.17) is 0 Å². The standard InChI is InChI=1S/C17H18N2S/c1-12-7-8-13(19-10-12)9-16(18-2)15-11-20-17-6-4-3-5-14(15)17/h3-8,10-11,16,18H,9H2,1-2H3. The van der Waals surface area contributed by atoms with Gasteiger partial charge in [0.2, 0.25) is 0 Å². The zero-order valence-corrected chi connectivity index (χ0v) is 12.6. The molecule has 0 saturated carbocycles. The molecule has 0 aliphatic carbocycles. The fourth-order valence-corrected chi connectivity index (χ4v) is 3.48. The number of benzene rings is 1. The molecule has 2 heterocycles. The van der Waals surface area contributed by atoms with Crippen molar-refractivity contribution in [3.05, 3.63) is 64.8 Å². The number of pyridine rings is 1. The average Bonchev–Trinajstić information content (AvgIpc) is 2.91. The Kier molecular flexibility index (Phi) is 3.81. The molecule has 1 N–H and O–H groups in total. The first-order valence-electron chi connectivity index (χ1n) is 6.83. The monoisotopic (exact) mass is 282 g/mol. The van der Waals surface area contributed by atoms with Crippen LogP contribution in [0.4, 0.5) is 0 Å². The summed E-state index contributed by atoms with van der Waals surface area (Å²) in [7, 11) is 2.02. The number of likely N-dealkylation sites (N-methyl/N-ethyl adjacent to an activating group) is 1. The van der Waals surface area contributed by atoms with Crippen molar-refractivity contribution in [3.8, 4) is 0 Å². The number of hydrogen-bond donors (Lipinski definition) is 1. The Bertz CT molecular complexity index is 700. The Morgan fingerprint density at radius 2 is 2.05 bits per heavy atom. The van der Waals surface area contributed by atoms with E-state index in [1.54, 1.807) is 0 Å². The van der Waals surface area contributed by atoms with E-state index in [0.717, 1.165) is 12.1 Å². The molecule has 1 atom stereocenters. The second-order valence-corrected chi connectivity index (χ2v) is 5.97. The number of nitrogens with one attached hydrogen (secondary N) is 1. The molecular formula is C17H18N2S. The predicted octanol–water partition coefficient (Wildman–Crippen LogP) is 4.11. The van der Waals surface area contributed by atoms with E-state index < -0.39 is 0 Å². The smallest absolute Gasteiger partial charge is 0.0422 e. The summed E-state index contributed by atoms with van der Waals surface area (Å²) >= 11 is 1.81. The molecule has 1 aromatic carbocycles. The quantitative estimate of drug-likeness (QED) is 0.779. The van der Waals surface area contributed by atoms with Crippen LogP contribution in [0.25, 0.3) is 10.1 Å². The number of hydrogen-bond acceptors (Lipinski definition) is 3. The van der Waals surface area contributed by atoms with E-state index in [-0.39, 0.29) is 0 Å². The summed E-state index contributed by atoms with van der Waals surface area (Å²) in [6, 6.07) is 13.1. The van der Waals surface area contributed by atoms with Gasteiger partial charge in [-0.3, -0.25) is 4.98 Å². The average molecular weight is 282 g/mol. The maximum Gasteiger partial charge on any atom is 0.0422 e. The van der Waals surface area contributed by atoms with Crippen molar-refractivity contribution in [3.63, 3.8) is 0 Å². The van der Waals surface area contributed by atoms with Gasteiger partial charge in [-0.05, 0) is 48.0 Å². The first-order chi connectivity index (χ1) is 9.78. The van der Waals surface area contributed by atoms with Crippen LogP contribution in [0.3, 0.4) is 0 Å². The normalized spacial score (nSPS) is 12.7. The minimum atomic E-state index is 0.307. The van der Waals surface area contributed by atoms with Gasteiger partial charge < -0.3 is 5.32 Å². The van der Waals surface area contributed by atoms with Crippen LogP contribution in [0.2, 0.25) is 0 Å². The number of thiophene rings is 1. The van der Waals surface area contributed by atoms with Crippen LogP contribution in [-0.2, 0) is 6.42 Å². The molecule has 2 aromatic heterocycles. The third-order valence-electron chi connectivity index (χ3n) is 3.62. The van der Waals surface area contributed by atoms with Crippen molar-refractivity contribution in [2.45, 2.75) is 19.4 Å². The molecule has 0 bridgehead atoms. The van der Waals surface area contributed by atoms with Gasteiger partial charge >= 0.3 is 0 Å². The zero-order chi connectivity index (χ0) is 13.9. The summed E-state index contributed by atoms with van der Waals surface area (Å²) in [5, 5.41) is 7.04. The highest BCUT2D eigenvalue weighted by Gasteiger charge is 2.15. The van der Waals surface area contributed by atoms with Crippen molar-refractivity contribution < 1.29 is 0 Å². The summed E-state index contributed by atoms with van der Waals surface area (Å²) in [6.45, 7) is 2.07. The molecule has 1 unspecified atom stereocenters. The zero-order valence-electron chi connectivity index (χ0n) is 11.8. The van der Waals surface area contributed by atoms with E-state index in [2.05, 4.69) is 59.0 Å². The highest BCUT2D eigenvalue weighted by Crippen LogP contribution is 2.31. The summed E-state index contributed by atoms with van der Waals surface area (Å²) in [5.41, 5.74) is 3.71. The summed E-state index contributed by atoms with van der Waals surface area (Å²) in [4.78, 5) is 4.52. The van der Waals surface area contributed by atoms with Gasteiger partial charge in [-0.1, -0.05) is 24.3 Å². The largest absolute Gasteiger partial charge is 0.313 e. The molecule has 0 aliphatic rings. The van der Waals surface area contributed by atoms with Crippen LogP contribution < -0.4 is 5.32 Å². The first kappa shape index (κ1) is 13.3. The Balaban J connectivity index is 1.91. The Labute approximate surface area is 123 Å². The SMILES string of the molecule is CNC(Cc1ccc(C)cn1)c1csc2ccccc12. The molecular weight excluding hydrogens is 264 g/mol. The molecule has 3 rings (SSSR count). The molecule has 102 valence electrons. The van der Waals surface area contributed by atoms with E-state index in [9.17, 15) is 0 Å². The van der Waals surface area contributed by atoms with Crippen LogP contribution >= 0.6 is 11.3 Å². The second kappa shape index (κ2) is 5.73. The number of fused-ring (bicyclic) bond motifs is 1. The third kappa shape index (κ3) is 2.60. The Morgan fingerprint density at radius 1 is 1.20 bits per heavy atom. The predicted molar refractivity (Wildman–Crippen MR) is 86.3 cm³/mol. The van der Waals surface area contributed by atoms with Crippen LogP contribution in [0.5, 0.6) is 0 Å². The van der Waals surface area contributed by atoms with Crippen molar-refractivity contribution in [1.82, 2.24) is 10.3 Å². The third-order valence-corrected chi connectivity index (χ3v) is 4.60. The van der Waals surface area contributed by atoms with E-state index in [0.29, 0.717) is 6.04 Å².